The minimum absolute atomic E-state index is 0.113. The van der Waals surface area contributed by atoms with Gasteiger partial charge in [-0.15, -0.1) is 11.8 Å². The standard InChI is InChI=1S/C14H14Br2N2S/c15-10-2-5-14(6-3-10)19-9-12(17)7-13-4-1-11(16)8-18-13/h1-6,8,12H,7,9,17H2. The maximum Gasteiger partial charge on any atom is 0.0420 e. The van der Waals surface area contributed by atoms with E-state index < -0.39 is 0 Å². The second kappa shape index (κ2) is 7.43. The quantitative estimate of drug-likeness (QED) is 0.760. The van der Waals surface area contributed by atoms with Gasteiger partial charge in [0.1, 0.15) is 0 Å². The van der Waals surface area contributed by atoms with Crippen LogP contribution < -0.4 is 5.73 Å². The highest BCUT2D eigenvalue weighted by atomic mass is 79.9. The van der Waals surface area contributed by atoms with Gasteiger partial charge in [-0.2, -0.15) is 0 Å². The van der Waals surface area contributed by atoms with Crippen LogP contribution in [0.3, 0.4) is 0 Å². The minimum atomic E-state index is 0.113. The number of nitrogens with zero attached hydrogens (tertiary/aromatic N) is 1. The summed E-state index contributed by atoms with van der Waals surface area (Å²) in [5.41, 5.74) is 7.17. The van der Waals surface area contributed by atoms with Crippen LogP contribution in [0.15, 0.2) is 56.4 Å². The lowest BCUT2D eigenvalue weighted by Crippen LogP contribution is -2.25. The van der Waals surface area contributed by atoms with Gasteiger partial charge in [0.15, 0.2) is 0 Å². The molecule has 0 fully saturated rings. The highest BCUT2D eigenvalue weighted by Gasteiger charge is 2.06. The molecule has 100 valence electrons. The van der Waals surface area contributed by atoms with E-state index in [9.17, 15) is 0 Å². The lowest BCUT2D eigenvalue weighted by atomic mass is 10.2. The first-order valence-electron chi connectivity index (χ1n) is 5.88. The smallest absolute Gasteiger partial charge is 0.0420 e. The van der Waals surface area contributed by atoms with E-state index in [0.29, 0.717) is 0 Å². The van der Waals surface area contributed by atoms with E-state index in [-0.39, 0.29) is 6.04 Å². The molecule has 0 aliphatic heterocycles. The van der Waals surface area contributed by atoms with E-state index in [1.807, 2.05) is 30.5 Å². The zero-order chi connectivity index (χ0) is 13.7. The van der Waals surface area contributed by atoms with Gasteiger partial charge >= 0.3 is 0 Å². The molecule has 1 atom stereocenters. The van der Waals surface area contributed by atoms with Gasteiger partial charge < -0.3 is 5.73 Å². The summed E-state index contributed by atoms with van der Waals surface area (Å²) in [4.78, 5) is 5.58. The fraction of sp³-hybridized carbons (Fsp3) is 0.214. The summed E-state index contributed by atoms with van der Waals surface area (Å²) in [5, 5.41) is 0. The highest BCUT2D eigenvalue weighted by molar-refractivity contribution is 9.10. The molecule has 0 saturated carbocycles. The van der Waals surface area contributed by atoms with E-state index >= 15 is 0 Å². The number of hydrogen-bond acceptors (Lipinski definition) is 3. The van der Waals surface area contributed by atoms with Crippen LogP contribution >= 0.6 is 43.6 Å². The molecule has 2 rings (SSSR count). The molecule has 0 radical (unpaired) electrons. The van der Waals surface area contributed by atoms with Crippen LogP contribution in [0.25, 0.3) is 0 Å². The maximum absolute atomic E-state index is 6.14. The first kappa shape index (κ1) is 15.0. The predicted molar refractivity (Wildman–Crippen MR) is 88.5 cm³/mol. The molecule has 0 amide bonds. The number of benzene rings is 1. The number of aromatic nitrogens is 1. The van der Waals surface area contributed by atoms with Crippen LogP contribution in [0.4, 0.5) is 0 Å². The van der Waals surface area contributed by atoms with Gasteiger partial charge in [-0.05, 0) is 52.3 Å². The summed E-state index contributed by atoms with van der Waals surface area (Å²) in [6.07, 6.45) is 2.61. The number of thioether (sulfide) groups is 1. The Balaban J connectivity index is 1.82. The third kappa shape index (κ3) is 5.26. The molecule has 2 aromatic rings. The average Bonchev–Trinajstić information content (AvgIpc) is 2.41. The van der Waals surface area contributed by atoms with Crippen molar-refractivity contribution in [3.8, 4) is 0 Å². The summed E-state index contributed by atoms with van der Waals surface area (Å²) >= 11 is 8.58. The van der Waals surface area contributed by atoms with Crippen molar-refractivity contribution in [1.29, 1.82) is 0 Å². The highest BCUT2D eigenvalue weighted by Crippen LogP contribution is 2.21. The maximum atomic E-state index is 6.14. The fourth-order valence-electron chi connectivity index (χ4n) is 1.59. The first-order valence-corrected chi connectivity index (χ1v) is 8.45. The number of hydrogen-bond donors (Lipinski definition) is 1. The normalized spacial score (nSPS) is 12.4. The number of pyridine rings is 1. The van der Waals surface area contributed by atoms with Crippen molar-refractivity contribution < 1.29 is 0 Å². The van der Waals surface area contributed by atoms with Gasteiger partial charge in [0.25, 0.3) is 0 Å². The molecule has 2 nitrogen and oxygen atoms in total. The van der Waals surface area contributed by atoms with Gasteiger partial charge in [-0.3, -0.25) is 4.98 Å². The van der Waals surface area contributed by atoms with E-state index in [4.69, 9.17) is 5.73 Å². The Morgan fingerprint density at radius 2 is 1.74 bits per heavy atom. The minimum Gasteiger partial charge on any atom is -0.327 e. The molecule has 2 N–H and O–H groups in total. The van der Waals surface area contributed by atoms with Crippen LogP contribution in [0, 0.1) is 0 Å². The van der Waals surface area contributed by atoms with Crippen molar-refractivity contribution in [3.63, 3.8) is 0 Å². The third-order valence-electron chi connectivity index (χ3n) is 2.54. The first-order chi connectivity index (χ1) is 9.13. The van der Waals surface area contributed by atoms with Crippen LogP contribution in [-0.2, 0) is 6.42 Å². The van der Waals surface area contributed by atoms with E-state index in [1.165, 1.54) is 4.90 Å². The Bertz CT molecular complexity index is 514. The summed E-state index contributed by atoms with van der Waals surface area (Å²) < 4.78 is 2.09. The topological polar surface area (TPSA) is 38.9 Å². The number of nitrogens with two attached hydrogens (primary N) is 1. The van der Waals surface area contributed by atoms with Crippen molar-refractivity contribution in [2.75, 3.05) is 5.75 Å². The molecule has 0 spiro atoms. The number of halogens is 2. The van der Waals surface area contributed by atoms with E-state index in [0.717, 1.165) is 26.8 Å². The van der Waals surface area contributed by atoms with Gasteiger partial charge in [-0.1, -0.05) is 15.9 Å². The summed E-state index contributed by atoms with van der Waals surface area (Å²) in [7, 11) is 0. The molecule has 0 saturated heterocycles. The summed E-state index contributed by atoms with van der Waals surface area (Å²) in [6, 6.07) is 12.4. The lowest BCUT2D eigenvalue weighted by molar-refractivity contribution is 0.731. The largest absolute Gasteiger partial charge is 0.327 e. The van der Waals surface area contributed by atoms with Crippen LogP contribution in [-0.4, -0.2) is 16.8 Å². The monoisotopic (exact) mass is 400 g/mol. The van der Waals surface area contributed by atoms with E-state index in [1.54, 1.807) is 11.8 Å². The number of rotatable bonds is 5. The van der Waals surface area contributed by atoms with Gasteiger partial charge in [0, 0.05) is 43.9 Å². The third-order valence-corrected chi connectivity index (χ3v) is 4.74. The second-order valence-corrected chi connectivity index (χ2v) is 7.12. The van der Waals surface area contributed by atoms with E-state index in [2.05, 4.69) is 49.0 Å². The summed E-state index contributed by atoms with van der Waals surface area (Å²) in [5.74, 6) is 0.888. The fourth-order valence-corrected chi connectivity index (χ4v) is 2.94. The molecule has 1 heterocycles. The van der Waals surface area contributed by atoms with Gasteiger partial charge in [0.2, 0.25) is 0 Å². The van der Waals surface area contributed by atoms with Gasteiger partial charge in [0.05, 0.1) is 0 Å². The molecule has 0 aliphatic rings. The molecule has 0 aliphatic carbocycles. The Hall–Kier alpha value is -0.360. The molecule has 1 aromatic carbocycles. The van der Waals surface area contributed by atoms with Gasteiger partial charge in [-0.25, -0.2) is 0 Å². The van der Waals surface area contributed by atoms with Crippen molar-refractivity contribution in [1.82, 2.24) is 4.98 Å². The molecule has 19 heavy (non-hydrogen) atoms. The predicted octanol–water partition coefficient (Wildman–Crippen LogP) is 4.27. The SMILES string of the molecule is NC(CSc1ccc(Br)cc1)Cc1ccc(Br)cn1. The van der Waals surface area contributed by atoms with Crippen molar-refractivity contribution in [3.05, 3.63) is 57.2 Å². The molecule has 5 heteroatoms. The van der Waals surface area contributed by atoms with Crippen molar-refractivity contribution in [2.24, 2.45) is 5.73 Å². The molecular weight excluding hydrogens is 388 g/mol. The molecule has 0 bridgehead atoms. The Labute approximate surface area is 134 Å². The van der Waals surface area contributed by atoms with Crippen LogP contribution in [0.2, 0.25) is 0 Å². The Morgan fingerprint density at radius 1 is 1.05 bits per heavy atom. The Morgan fingerprint density at radius 3 is 2.37 bits per heavy atom. The zero-order valence-corrected chi connectivity index (χ0v) is 14.2. The Kier molecular flexibility index (Phi) is 5.88. The zero-order valence-electron chi connectivity index (χ0n) is 10.2. The van der Waals surface area contributed by atoms with Crippen molar-refractivity contribution >= 4 is 43.6 Å². The molecule has 1 unspecified atom stereocenters. The molecule has 1 aromatic heterocycles. The van der Waals surface area contributed by atoms with Crippen LogP contribution in [0.5, 0.6) is 0 Å². The summed E-state index contributed by atoms with van der Waals surface area (Å²) in [6.45, 7) is 0. The molecular formula is C14H14Br2N2S. The lowest BCUT2D eigenvalue weighted by Gasteiger charge is -2.10. The van der Waals surface area contributed by atoms with Crippen molar-refractivity contribution in [2.45, 2.75) is 17.4 Å². The van der Waals surface area contributed by atoms with Crippen LogP contribution in [0.1, 0.15) is 5.69 Å². The second-order valence-electron chi connectivity index (χ2n) is 4.20. The average molecular weight is 402 g/mol.